The fourth-order valence-corrected chi connectivity index (χ4v) is 2.78. The maximum Gasteiger partial charge on any atom is 0.416 e. The molecule has 4 heteroatoms. The van der Waals surface area contributed by atoms with Gasteiger partial charge in [0.15, 0.2) is 0 Å². The number of hydrogen-bond donors (Lipinski definition) is 0. The minimum atomic E-state index is -0.483. The number of imide groups is 1. The topological polar surface area (TPSA) is 46.6 Å². The molecule has 1 saturated heterocycles. The highest BCUT2D eigenvalue weighted by Crippen LogP contribution is 2.38. The molecular formula is C16H19NO3. The van der Waals surface area contributed by atoms with E-state index < -0.39 is 6.09 Å². The normalized spacial score (nSPS) is 23.6. The van der Waals surface area contributed by atoms with E-state index in [4.69, 9.17) is 4.74 Å². The SMILES string of the molecule is C[C@@H](C(=O)N1C(=O)OC[C@H]1Cc1ccccc1)C1CC1. The second kappa shape index (κ2) is 5.27. The number of rotatable bonds is 4. The third-order valence-corrected chi connectivity index (χ3v) is 4.23. The maximum atomic E-state index is 12.5. The molecule has 0 bridgehead atoms. The second-order valence-electron chi connectivity index (χ2n) is 5.75. The average molecular weight is 273 g/mol. The average Bonchev–Trinajstić information content (AvgIpc) is 3.24. The summed E-state index contributed by atoms with van der Waals surface area (Å²) in [7, 11) is 0. The molecule has 1 saturated carbocycles. The number of ether oxygens (including phenoxy) is 1. The first-order valence-electron chi connectivity index (χ1n) is 7.20. The van der Waals surface area contributed by atoms with E-state index in [2.05, 4.69) is 0 Å². The van der Waals surface area contributed by atoms with Gasteiger partial charge in [0, 0.05) is 5.92 Å². The Hall–Kier alpha value is -1.84. The third kappa shape index (κ3) is 2.55. The van der Waals surface area contributed by atoms with Crippen LogP contribution in [0, 0.1) is 11.8 Å². The zero-order valence-corrected chi connectivity index (χ0v) is 11.6. The van der Waals surface area contributed by atoms with Gasteiger partial charge in [0.25, 0.3) is 0 Å². The Bertz CT molecular complexity index is 510. The van der Waals surface area contributed by atoms with E-state index >= 15 is 0 Å². The van der Waals surface area contributed by atoms with Gasteiger partial charge in [-0.15, -0.1) is 0 Å². The lowest BCUT2D eigenvalue weighted by atomic mass is 10.0. The summed E-state index contributed by atoms with van der Waals surface area (Å²) in [5, 5.41) is 0. The van der Waals surface area contributed by atoms with Crippen LogP contribution in [-0.4, -0.2) is 29.5 Å². The van der Waals surface area contributed by atoms with Gasteiger partial charge in [0.2, 0.25) is 5.91 Å². The first-order chi connectivity index (χ1) is 9.66. The number of carbonyl (C=O) groups is 2. The van der Waals surface area contributed by atoms with Crippen LogP contribution >= 0.6 is 0 Å². The van der Waals surface area contributed by atoms with E-state index in [9.17, 15) is 9.59 Å². The molecular weight excluding hydrogens is 254 g/mol. The van der Waals surface area contributed by atoms with Gasteiger partial charge in [-0.1, -0.05) is 37.3 Å². The summed E-state index contributed by atoms with van der Waals surface area (Å²) in [6, 6.07) is 9.74. The maximum absolute atomic E-state index is 12.5. The van der Waals surface area contributed by atoms with Crippen molar-refractivity contribution in [2.24, 2.45) is 11.8 Å². The molecule has 106 valence electrons. The van der Waals surface area contributed by atoms with E-state index in [-0.39, 0.29) is 17.9 Å². The van der Waals surface area contributed by atoms with Crippen molar-refractivity contribution >= 4 is 12.0 Å². The van der Waals surface area contributed by atoms with E-state index in [1.807, 2.05) is 37.3 Å². The molecule has 2 fully saturated rings. The molecule has 1 aliphatic carbocycles. The fourth-order valence-electron chi connectivity index (χ4n) is 2.78. The van der Waals surface area contributed by atoms with Crippen LogP contribution in [0.15, 0.2) is 30.3 Å². The van der Waals surface area contributed by atoms with Crippen molar-refractivity contribution in [1.82, 2.24) is 4.90 Å². The van der Waals surface area contributed by atoms with Crippen LogP contribution in [0.1, 0.15) is 25.3 Å². The number of nitrogens with zero attached hydrogens (tertiary/aromatic N) is 1. The molecule has 2 aliphatic rings. The molecule has 4 nitrogen and oxygen atoms in total. The molecule has 1 heterocycles. The van der Waals surface area contributed by atoms with Gasteiger partial charge in [-0.2, -0.15) is 0 Å². The largest absolute Gasteiger partial charge is 0.447 e. The van der Waals surface area contributed by atoms with Crippen molar-refractivity contribution in [3.8, 4) is 0 Å². The van der Waals surface area contributed by atoms with E-state index in [0.29, 0.717) is 18.9 Å². The highest BCUT2D eigenvalue weighted by atomic mass is 16.6. The lowest BCUT2D eigenvalue weighted by Crippen LogP contribution is -2.43. The summed E-state index contributed by atoms with van der Waals surface area (Å²) in [6.07, 6.45) is 2.37. The Labute approximate surface area is 118 Å². The quantitative estimate of drug-likeness (QED) is 0.847. The van der Waals surface area contributed by atoms with Crippen molar-refractivity contribution in [2.45, 2.75) is 32.2 Å². The number of hydrogen-bond acceptors (Lipinski definition) is 3. The Morgan fingerprint density at radius 3 is 2.70 bits per heavy atom. The van der Waals surface area contributed by atoms with Gasteiger partial charge >= 0.3 is 6.09 Å². The van der Waals surface area contributed by atoms with E-state index in [1.54, 1.807) is 0 Å². The van der Waals surface area contributed by atoms with Crippen LogP contribution in [-0.2, 0) is 16.0 Å². The van der Waals surface area contributed by atoms with E-state index in [1.165, 1.54) is 4.90 Å². The number of benzene rings is 1. The number of cyclic esters (lactones) is 1. The van der Waals surface area contributed by atoms with Gasteiger partial charge in [-0.05, 0) is 30.7 Å². The molecule has 3 rings (SSSR count). The lowest BCUT2D eigenvalue weighted by molar-refractivity contribution is -0.133. The highest BCUT2D eigenvalue weighted by molar-refractivity contribution is 5.94. The molecule has 2 atom stereocenters. The molecule has 1 aliphatic heterocycles. The van der Waals surface area contributed by atoms with Crippen LogP contribution in [0.4, 0.5) is 4.79 Å². The van der Waals surface area contributed by atoms with Crippen molar-refractivity contribution in [1.29, 1.82) is 0 Å². The molecule has 0 spiro atoms. The summed E-state index contributed by atoms with van der Waals surface area (Å²) in [5.41, 5.74) is 1.12. The van der Waals surface area contributed by atoms with Crippen molar-refractivity contribution in [3.05, 3.63) is 35.9 Å². The first kappa shape index (κ1) is 13.2. The van der Waals surface area contributed by atoms with Crippen molar-refractivity contribution in [3.63, 3.8) is 0 Å². The molecule has 0 N–H and O–H groups in total. The van der Waals surface area contributed by atoms with Crippen LogP contribution in [0.5, 0.6) is 0 Å². The minimum absolute atomic E-state index is 0.0704. The first-order valence-corrected chi connectivity index (χ1v) is 7.20. The third-order valence-electron chi connectivity index (χ3n) is 4.23. The lowest BCUT2D eigenvalue weighted by Gasteiger charge is -2.22. The Balaban J connectivity index is 1.73. The smallest absolute Gasteiger partial charge is 0.416 e. The molecule has 20 heavy (non-hydrogen) atoms. The van der Waals surface area contributed by atoms with Crippen LogP contribution in [0.2, 0.25) is 0 Å². The predicted octanol–water partition coefficient (Wildman–Crippen LogP) is 2.62. The molecule has 0 aromatic heterocycles. The van der Waals surface area contributed by atoms with Crippen LogP contribution in [0.25, 0.3) is 0 Å². The number of amides is 2. The molecule has 0 unspecified atom stereocenters. The summed E-state index contributed by atoms with van der Waals surface area (Å²) in [4.78, 5) is 25.7. The Kier molecular flexibility index (Phi) is 3.47. The predicted molar refractivity (Wildman–Crippen MR) is 74.0 cm³/mol. The van der Waals surface area contributed by atoms with Crippen LogP contribution in [0.3, 0.4) is 0 Å². The molecule has 2 amide bonds. The number of carbonyl (C=O) groups excluding carboxylic acids is 2. The highest BCUT2D eigenvalue weighted by Gasteiger charge is 2.43. The summed E-state index contributed by atoms with van der Waals surface area (Å²) in [6.45, 7) is 2.22. The van der Waals surface area contributed by atoms with Crippen molar-refractivity contribution < 1.29 is 14.3 Å². The molecule has 1 aromatic carbocycles. The Morgan fingerprint density at radius 2 is 2.05 bits per heavy atom. The zero-order valence-electron chi connectivity index (χ0n) is 11.6. The molecule has 0 radical (unpaired) electrons. The second-order valence-corrected chi connectivity index (χ2v) is 5.75. The standard InChI is InChI=1S/C16H19NO3/c1-11(13-7-8-13)15(18)17-14(10-20-16(17)19)9-12-5-3-2-4-6-12/h2-6,11,13-14H,7-10H2,1H3/t11-,14-/m1/s1. The van der Waals surface area contributed by atoms with E-state index in [0.717, 1.165) is 18.4 Å². The monoisotopic (exact) mass is 273 g/mol. The summed E-state index contributed by atoms with van der Waals surface area (Å²) >= 11 is 0. The minimum Gasteiger partial charge on any atom is -0.447 e. The fraction of sp³-hybridized carbons (Fsp3) is 0.500. The van der Waals surface area contributed by atoms with Crippen LogP contribution < -0.4 is 0 Å². The van der Waals surface area contributed by atoms with Crippen molar-refractivity contribution in [2.75, 3.05) is 6.61 Å². The van der Waals surface area contributed by atoms with Gasteiger partial charge < -0.3 is 4.74 Å². The van der Waals surface area contributed by atoms with Gasteiger partial charge in [0.1, 0.15) is 6.61 Å². The summed E-state index contributed by atoms with van der Waals surface area (Å²) < 4.78 is 5.09. The van der Waals surface area contributed by atoms with Gasteiger partial charge in [0.05, 0.1) is 6.04 Å². The molecule has 1 aromatic rings. The van der Waals surface area contributed by atoms with Gasteiger partial charge in [-0.3, -0.25) is 4.79 Å². The summed E-state index contributed by atoms with van der Waals surface area (Å²) in [5.74, 6) is 0.308. The zero-order chi connectivity index (χ0) is 14.1. The van der Waals surface area contributed by atoms with Gasteiger partial charge in [-0.25, -0.2) is 9.69 Å². The Morgan fingerprint density at radius 1 is 1.35 bits per heavy atom.